The van der Waals surface area contributed by atoms with Gasteiger partial charge in [0.2, 0.25) is 10.0 Å². The van der Waals surface area contributed by atoms with Crippen molar-refractivity contribution in [3.05, 3.63) is 35.4 Å². The summed E-state index contributed by atoms with van der Waals surface area (Å²) in [5.41, 5.74) is 2.04. The Morgan fingerprint density at radius 3 is 2.05 bits per heavy atom. The summed E-state index contributed by atoms with van der Waals surface area (Å²) in [7, 11) is -1.28. The Hall–Kier alpha value is -0.910. The molecule has 0 atom stereocenters. The Balaban J connectivity index is 2.01. The van der Waals surface area contributed by atoms with Crippen LogP contribution >= 0.6 is 0 Å². The molecular formula is C16H26N2O2S. The molecular weight excluding hydrogens is 284 g/mol. The lowest BCUT2D eigenvalue weighted by molar-refractivity contribution is 0.364. The molecule has 1 aliphatic heterocycles. The fraction of sp³-hybridized carbons (Fsp3) is 0.625. The van der Waals surface area contributed by atoms with Gasteiger partial charge in [0, 0.05) is 19.6 Å². The van der Waals surface area contributed by atoms with Gasteiger partial charge >= 0.3 is 0 Å². The van der Waals surface area contributed by atoms with Crippen LogP contribution in [0.15, 0.2) is 24.3 Å². The Kier molecular flexibility index (Phi) is 6.21. The van der Waals surface area contributed by atoms with Crippen LogP contribution in [0.5, 0.6) is 0 Å². The number of nitrogens with one attached hydrogen (secondary N) is 1. The molecule has 0 spiro atoms. The zero-order valence-electron chi connectivity index (χ0n) is 12.8. The van der Waals surface area contributed by atoms with Gasteiger partial charge in [-0.05, 0) is 31.0 Å². The number of benzene rings is 1. The minimum atomic E-state index is -3.18. The maximum atomic E-state index is 12.5. The fourth-order valence-corrected chi connectivity index (χ4v) is 4.37. The van der Waals surface area contributed by atoms with E-state index in [9.17, 15) is 8.42 Å². The number of hydrogen-bond acceptors (Lipinski definition) is 3. The van der Waals surface area contributed by atoms with Crippen molar-refractivity contribution in [2.45, 2.75) is 44.4 Å². The van der Waals surface area contributed by atoms with Gasteiger partial charge in [0.1, 0.15) is 0 Å². The maximum Gasteiger partial charge on any atom is 0.218 e. The van der Waals surface area contributed by atoms with Crippen LogP contribution in [-0.2, 0) is 22.3 Å². The molecule has 1 N–H and O–H groups in total. The first-order valence-corrected chi connectivity index (χ1v) is 9.43. The van der Waals surface area contributed by atoms with Gasteiger partial charge in [0.25, 0.3) is 0 Å². The van der Waals surface area contributed by atoms with Crippen molar-refractivity contribution >= 4 is 10.0 Å². The molecule has 4 nitrogen and oxygen atoms in total. The molecule has 21 heavy (non-hydrogen) atoms. The van der Waals surface area contributed by atoms with Gasteiger partial charge in [0.15, 0.2) is 0 Å². The first-order valence-electron chi connectivity index (χ1n) is 7.82. The largest absolute Gasteiger partial charge is 0.316 e. The van der Waals surface area contributed by atoms with Crippen LogP contribution in [0.4, 0.5) is 0 Å². The number of sulfonamides is 1. The van der Waals surface area contributed by atoms with E-state index >= 15 is 0 Å². The Labute approximate surface area is 128 Å². The molecule has 0 unspecified atom stereocenters. The van der Waals surface area contributed by atoms with Gasteiger partial charge in [-0.1, -0.05) is 43.5 Å². The lowest BCUT2D eigenvalue weighted by Gasteiger charge is -2.24. The molecule has 0 radical (unpaired) electrons. The molecule has 1 aromatic rings. The molecule has 5 heteroatoms. The van der Waals surface area contributed by atoms with Crippen LogP contribution in [0, 0.1) is 0 Å². The van der Waals surface area contributed by atoms with E-state index in [1.54, 1.807) is 4.31 Å². The van der Waals surface area contributed by atoms with E-state index in [0.29, 0.717) is 13.1 Å². The van der Waals surface area contributed by atoms with Crippen LogP contribution in [0.3, 0.4) is 0 Å². The Morgan fingerprint density at radius 1 is 0.952 bits per heavy atom. The van der Waals surface area contributed by atoms with Crippen molar-refractivity contribution in [2.75, 3.05) is 20.1 Å². The SMILES string of the molecule is CNCc1ccc(CS(=O)(=O)N2CCCCCCC2)cc1. The minimum absolute atomic E-state index is 0.118. The normalized spacial score (nSPS) is 18.1. The van der Waals surface area contributed by atoms with Gasteiger partial charge in [0.05, 0.1) is 5.75 Å². The maximum absolute atomic E-state index is 12.5. The zero-order chi connectivity index (χ0) is 15.1. The first kappa shape index (κ1) is 16.5. The van der Waals surface area contributed by atoms with E-state index in [4.69, 9.17) is 0 Å². The van der Waals surface area contributed by atoms with E-state index in [1.807, 2.05) is 31.3 Å². The minimum Gasteiger partial charge on any atom is -0.316 e. The lowest BCUT2D eigenvalue weighted by atomic mass is 10.1. The molecule has 0 aliphatic carbocycles. The predicted octanol–water partition coefficient (Wildman–Crippen LogP) is 2.50. The van der Waals surface area contributed by atoms with Crippen molar-refractivity contribution in [3.8, 4) is 0 Å². The standard InChI is InChI=1S/C16H26N2O2S/c1-17-13-15-7-9-16(10-8-15)14-21(19,20)18-11-5-3-2-4-6-12-18/h7-10,17H,2-6,11-14H2,1H3. The molecule has 1 fully saturated rings. The van der Waals surface area contributed by atoms with Crippen molar-refractivity contribution in [2.24, 2.45) is 0 Å². The lowest BCUT2D eigenvalue weighted by Crippen LogP contribution is -2.34. The summed E-state index contributed by atoms with van der Waals surface area (Å²) in [6.45, 7) is 2.17. The van der Waals surface area contributed by atoms with Gasteiger partial charge in [-0.25, -0.2) is 12.7 Å². The molecule has 0 aromatic heterocycles. The number of nitrogens with zero attached hydrogens (tertiary/aromatic N) is 1. The summed E-state index contributed by atoms with van der Waals surface area (Å²) in [5, 5.41) is 3.09. The monoisotopic (exact) mass is 310 g/mol. The molecule has 0 saturated carbocycles. The summed E-state index contributed by atoms with van der Waals surface area (Å²) in [6, 6.07) is 7.84. The molecule has 2 rings (SSSR count). The third-order valence-corrected chi connectivity index (χ3v) is 5.81. The van der Waals surface area contributed by atoms with Crippen LogP contribution in [-0.4, -0.2) is 32.9 Å². The van der Waals surface area contributed by atoms with Crippen molar-refractivity contribution in [3.63, 3.8) is 0 Å². The Morgan fingerprint density at radius 2 is 1.48 bits per heavy atom. The molecule has 0 bridgehead atoms. The van der Waals surface area contributed by atoms with Crippen LogP contribution in [0.25, 0.3) is 0 Å². The van der Waals surface area contributed by atoms with Crippen molar-refractivity contribution < 1.29 is 8.42 Å². The third kappa shape index (κ3) is 5.09. The molecule has 1 saturated heterocycles. The predicted molar refractivity (Wildman–Crippen MR) is 86.5 cm³/mol. The summed E-state index contributed by atoms with van der Waals surface area (Å²) in [4.78, 5) is 0. The highest BCUT2D eigenvalue weighted by atomic mass is 32.2. The smallest absolute Gasteiger partial charge is 0.218 e. The average molecular weight is 310 g/mol. The van der Waals surface area contributed by atoms with Gasteiger partial charge < -0.3 is 5.32 Å². The summed E-state index contributed by atoms with van der Waals surface area (Å²) >= 11 is 0. The fourth-order valence-electron chi connectivity index (χ4n) is 2.76. The van der Waals surface area contributed by atoms with Crippen LogP contribution in [0.1, 0.15) is 43.2 Å². The van der Waals surface area contributed by atoms with Gasteiger partial charge in [-0.15, -0.1) is 0 Å². The van der Waals surface area contributed by atoms with E-state index in [1.165, 1.54) is 12.0 Å². The average Bonchev–Trinajstić information content (AvgIpc) is 2.40. The van der Waals surface area contributed by atoms with E-state index in [-0.39, 0.29) is 5.75 Å². The van der Waals surface area contributed by atoms with Crippen LogP contribution < -0.4 is 5.32 Å². The number of hydrogen-bond donors (Lipinski definition) is 1. The Bertz CT molecular complexity index is 518. The topological polar surface area (TPSA) is 49.4 Å². The van der Waals surface area contributed by atoms with Gasteiger partial charge in [-0.3, -0.25) is 0 Å². The molecule has 118 valence electrons. The summed E-state index contributed by atoms with van der Waals surface area (Å²) in [5.74, 6) is 0.118. The van der Waals surface area contributed by atoms with Crippen LogP contribution in [0.2, 0.25) is 0 Å². The van der Waals surface area contributed by atoms with E-state index in [2.05, 4.69) is 5.32 Å². The third-order valence-electron chi connectivity index (χ3n) is 3.96. The summed E-state index contributed by atoms with van der Waals surface area (Å²) in [6.07, 6.45) is 5.50. The highest BCUT2D eigenvalue weighted by molar-refractivity contribution is 7.88. The van der Waals surface area contributed by atoms with Gasteiger partial charge in [-0.2, -0.15) is 0 Å². The molecule has 1 heterocycles. The second-order valence-electron chi connectivity index (χ2n) is 5.77. The molecule has 1 aliphatic rings. The highest BCUT2D eigenvalue weighted by Gasteiger charge is 2.22. The summed E-state index contributed by atoms with van der Waals surface area (Å²) < 4.78 is 26.8. The first-order chi connectivity index (χ1) is 10.1. The molecule has 0 amide bonds. The second kappa shape index (κ2) is 7.92. The number of rotatable bonds is 5. The highest BCUT2D eigenvalue weighted by Crippen LogP contribution is 2.17. The zero-order valence-corrected chi connectivity index (χ0v) is 13.7. The van der Waals surface area contributed by atoms with Crippen molar-refractivity contribution in [1.29, 1.82) is 0 Å². The van der Waals surface area contributed by atoms with Crippen molar-refractivity contribution in [1.82, 2.24) is 9.62 Å². The van der Waals surface area contributed by atoms with E-state index in [0.717, 1.165) is 37.8 Å². The second-order valence-corrected chi connectivity index (χ2v) is 7.74. The quantitative estimate of drug-likeness (QED) is 0.909. The molecule has 1 aromatic carbocycles. The van der Waals surface area contributed by atoms with E-state index < -0.39 is 10.0 Å².